The summed E-state index contributed by atoms with van der Waals surface area (Å²) in [6, 6.07) is 7.26. The van der Waals surface area contributed by atoms with E-state index >= 15 is 0 Å². The van der Waals surface area contributed by atoms with E-state index in [2.05, 4.69) is 22.0 Å². The SMILES string of the molecule is Fc1[c-]cccc1Br.[CH3-].[CH3-].[Y+3]. The van der Waals surface area contributed by atoms with E-state index in [1.165, 1.54) is 6.07 Å². The molecule has 0 fully saturated rings. The summed E-state index contributed by atoms with van der Waals surface area (Å²) < 4.78 is 12.7. The first-order valence-electron chi connectivity index (χ1n) is 2.12. The zero-order valence-electron chi connectivity index (χ0n) is 6.57. The quantitative estimate of drug-likeness (QED) is 0.644. The Bertz CT molecular complexity index is 170. The molecule has 0 aliphatic heterocycles. The molecule has 0 radical (unpaired) electrons. The molecule has 0 saturated carbocycles. The van der Waals surface area contributed by atoms with Crippen molar-refractivity contribution in [3.8, 4) is 0 Å². The van der Waals surface area contributed by atoms with Crippen LogP contribution in [0.15, 0.2) is 22.7 Å². The van der Waals surface area contributed by atoms with Gasteiger partial charge in [0.15, 0.2) is 0 Å². The van der Waals surface area contributed by atoms with Crippen LogP contribution in [0.25, 0.3) is 0 Å². The van der Waals surface area contributed by atoms with Crippen molar-refractivity contribution < 1.29 is 37.1 Å². The van der Waals surface area contributed by atoms with Gasteiger partial charge in [0.05, 0.1) is 0 Å². The van der Waals surface area contributed by atoms with E-state index in [0.717, 1.165) is 0 Å². The molecule has 0 bridgehead atoms. The third-order valence-corrected chi connectivity index (χ3v) is 1.37. The van der Waals surface area contributed by atoms with Gasteiger partial charge in [-0.25, -0.2) is 4.39 Å². The molecule has 0 unspecified atom stereocenters. The van der Waals surface area contributed by atoms with E-state index in [1.54, 1.807) is 12.1 Å². The Morgan fingerprint density at radius 2 is 1.91 bits per heavy atom. The predicted octanol–water partition coefficient (Wildman–Crippen LogP) is 3.29. The van der Waals surface area contributed by atoms with Gasteiger partial charge in [0.25, 0.3) is 0 Å². The molecule has 0 aliphatic carbocycles. The normalized spacial score (nSPS) is 6.73. The first kappa shape index (κ1) is 17.7. The summed E-state index contributed by atoms with van der Waals surface area (Å²) in [7, 11) is 0. The fourth-order valence-corrected chi connectivity index (χ4v) is 0.663. The average molecular weight is 293 g/mol. The average Bonchev–Trinajstić information content (AvgIpc) is 1.77. The summed E-state index contributed by atoms with van der Waals surface area (Å²) in [6.07, 6.45) is 0. The van der Waals surface area contributed by atoms with Crippen molar-refractivity contribution in [1.29, 1.82) is 0 Å². The maximum Gasteiger partial charge on any atom is 3.00 e. The molecule has 1 aromatic carbocycles. The van der Waals surface area contributed by atoms with Crippen molar-refractivity contribution in [2.75, 3.05) is 0 Å². The molecule has 3 heteroatoms. The summed E-state index contributed by atoms with van der Waals surface area (Å²) in [5.41, 5.74) is 0. The Balaban J connectivity index is -0.000000213. The van der Waals surface area contributed by atoms with E-state index in [9.17, 15) is 4.39 Å². The van der Waals surface area contributed by atoms with Gasteiger partial charge in [0.2, 0.25) is 0 Å². The van der Waals surface area contributed by atoms with Crippen LogP contribution in [0.2, 0.25) is 0 Å². The van der Waals surface area contributed by atoms with Gasteiger partial charge >= 0.3 is 32.7 Å². The number of rotatable bonds is 0. The summed E-state index contributed by atoms with van der Waals surface area (Å²) in [4.78, 5) is 0. The van der Waals surface area contributed by atoms with Crippen LogP contribution in [0, 0.1) is 26.7 Å². The summed E-state index contributed by atoms with van der Waals surface area (Å²) in [5, 5.41) is 0. The van der Waals surface area contributed by atoms with Crippen LogP contribution in [0.4, 0.5) is 4.39 Å². The van der Waals surface area contributed by atoms with E-state index in [4.69, 9.17) is 0 Å². The van der Waals surface area contributed by atoms with Gasteiger partial charge in [0, 0.05) is 5.82 Å². The molecule has 0 saturated heterocycles. The minimum Gasteiger partial charge on any atom is -0.358 e. The predicted molar refractivity (Wildman–Crippen MR) is 45.8 cm³/mol. The van der Waals surface area contributed by atoms with Gasteiger partial charge < -0.3 is 14.9 Å². The third-order valence-electron chi connectivity index (χ3n) is 0.759. The molecular weight excluding hydrogens is 284 g/mol. The van der Waals surface area contributed by atoms with Crippen molar-refractivity contribution in [2.45, 2.75) is 0 Å². The monoisotopic (exact) mass is 292 g/mol. The largest absolute Gasteiger partial charge is 3.00 e. The van der Waals surface area contributed by atoms with Crippen LogP contribution in [0.1, 0.15) is 0 Å². The van der Waals surface area contributed by atoms with Crippen LogP contribution in [0.3, 0.4) is 0 Å². The fourth-order valence-electron chi connectivity index (χ4n) is 0.396. The summed E-state index contributed by atoms with van der Waals surface area (Å²) in [5.74, 6) is -0.340. The van der Waals surface area contributed by atoms with Gasteiger partial charge in [-0.2, -0.15) is 18.2 Å². The second kappa shape index (κ2) is 8.83. The van der Waals surface area contributed by atoms with Crippen molar-refractivity contribution in [3.05, 3.63) is 49.4 Å². The Kier molecular flexibility index (Phi) is 14.2. The standard InChI is InChI=1S/C6H3BrF.2CH3.Y/c7-5-3-1-2-4-6(5)8;;;/h1-3H;2*1H3;/q3*-1;+3. The maximum absolute atomic E-state index is 12.2. The number of halogens is 2. The van der Waals surface area contributed by atoms with Crippen molar-refractivity contribution in [3.63, 3.8) is 0 Å². The molecule has 0 spiro atoms. The Hall–Kier alpha value is 0.734. The molecule has 0 N–H and O–H groups in total. The van der Waals surface area contributed by atoms with Crippen LogP contribution < -0.4 is 0 Å². The number of hydrogen-bond donors (Lipinski definition) is 0. The van der Waals surface area contributed by atoms with Gasteiger partial charge in [-0.05, 0) is 0 Å². The van der Waals surface area contributed by atoms with Crippen LogP contribution >= 0.6 is 15.9 Å². The molecule has 11 heavy (non-hydrogen) atoms. The molecule has 0 aliphatic rings. The minimum atomic E-state index is -0.340. The Morgan fingerprint density at radius 1 is 1.36 bits per heavy atom. The molecule has 58 valence electrons. The Morgan fingerprint density at radius 3 is 2.18 bits per heavy atom. The maximum atomic E-state index is 12.2. The minimum absolute atomic E-state index is 0. The van der Waals surface area contributed by atoms with Gasteiger partial charge in [0.1, 0.15) is 0 Å². The molecule has 0 amide bonds. The van der Waals surface area contributed by atoms with E-state index in [0.29, 0.717) is 4.47 Å². The summed E-state index contributed by atoms with van der Waals surface area (Å²) in [6.45, 7) is 0. The molecule has 1 rings (SSSR count). The fraction of sp³-hybridized carbons (Fsp3) is 0. The topological polar surface area (TPSA) is 0 Å². The van der Waals surface area contributed by atoms with Crippen molar-refractivity contribution in [2.24, 2.45) is 0 Å². The van der Waals surface area contributed by atoms with Crippen LogP contribution in [0.5, 0.6) is 0 Å². The van der Waals surface area contributed by atoms with Crippen molar-refractivity contribution in [1.82, 2.24) is 0 Å². The van der Waals surface area contributed by atoms with Gasteiger partial charge in [-0.1, -0.05) is 4.47 Å². The zero-order valence-corrected chi connectivity index (χ0v) is 11.0. The number of hydrogen-bond acceptors (Lipinski definition) is 0. The second-order valence-electron chi connectivity index (χ2n) is 1.33. The van der Waals surface area contributed by atoms with Gasteiger partial charge in [-0.3, -0.25) is 0 Å². The Labute approximate surface area is 102 Å². The van der Waals surface area contributed by atoms with Crippen LogP contribution in [-0.2, 0) is 32.7 Å². The zero-order chi connectivity index (χ0) is 5.98. The number of benzene rings is 1. The molecule has 1 aromatic rings. The van der Waals surface area contributed by atoms with Gasteiger partial charge in [-0.15, -0.1) is 22.0 Å². The van der Waals surface area contributed by atoms with Crippen molar-refractivity contribution >= 4 is 15.9 Å². The van der Waals surface area contributed by atoms with Crippen LogP contribution in [-0.4, -0.2) is 0 Å². The van der Waals surface area contributed by atoms with E-state index in [-0.39, 0.29) is 53.4 Å². The molecule has 0 atom stereocenters. The second-order valence-corrected chi connectivity index (χ2v) is 2.19. The smallest absolute Gasteiger partial charge is 0.358 e. The van der Waals surface area contributed by atoms with E-state index in [1.807, 2.05) is 0 Å². The third kappa shape index (κ3) is 5.95. The first-order chi connectivity index (χ1) is 3.80. The van der Waals surface area contributed by atoms with E-state index < -0.39 is 0 Å². The molecule has 0 aromatic heterocycles. The summed E-state index contributed by atoms with van der Waals surface area (Å²) >= 11 is 2.99. The first-order valence-corrected chi connectivity index (χ1v) is 2.91. The molecule has 0 heterocycles. The molecule has 0 nitrogen and oxygen atoms in total. The molecular formula is C8H9BrFY.